The molecule has 0 aliphatic carbocycles. The highest BCUT2D eigenvalue weighted by molar-refractivity contribution is 8.01. The normalized spacial score (nSPS) is 16.9. The van der Waals surface area contributed by atoms with E-state index >= 15 is 0 Å². The molecule has 0 spiro atoms. The first-order valence-electron chi connectivity index (χ1n) is 14.9. The first-order chi connectivity index (χ1) is 21.2. The molecule has 0 bridgehead atoms. The molecule has 4 rings (SSSR count). The van der Waals surface area contributed by atoms with Crippen LogP contribution in [0.2, 0.25) is 0 Å². The third-order valence-corrected chi connectivity index (χ3v) is 9.95. The van der Waals surface area contributed by atoms with Crippen LogP contribution in [0.5, 0.6) is 0 Å². The van der Waals surface area contributed by atoms with E-state index in [0.717, 1.165) is 57.0 Å². The number of amidine groups is 1. The minimum absolute atomic E-state index is 0.0256. The van der Waals surface area contributed by atoms with Gasteiger partial charge in [-0.1, -0.05) is 30.0 Å². The van der Waals surface area contributed by atoms with Gasteiger partial charge in [0.05, 0.1) is 49.2 Å². The molecule has 12 heteroatoms. The van der Waals surface area contributed by atoms with Crippen molar-refractivity contribution in [3.05, 3.63) is 53.6 Å². The second kappa shape index (κ2) is 16.5. The lowest BCUT2D eigenvalue weighted by molar-refractivity contribution is -0.139. The molecular weight excluding hydrogens is 601 g/mol. The first-order valence-corrected chi connectivity index (χ1v) is 16.7. The van der Waals surface area contributed by atoms with Crippen LogP contribution < -0.4 is 0 Å². The third kappa shape index (κ3) is 9.38. The summed E-state index contributed by atoms with van der Waals surface area (Å²) in [5.74, 6) is 0.426. The lowest BCUT2D eigenvalue weighted by atomic mass is 10.0. The zero-order valence-corrected chi connectivity index (χ0v) is 27.2. The predicted octanol–water partition coefficient (Wildman–Crippen LogP) is 2.85. The summed E-state index contributed by atoms with van der Waals surface area (Å²) in [5.41, 5.74) is 3.00. The summed E-state index contributed by atoms with van der Waals surface area (Å²) in [4.78, 5) is 49.2. The fourth-order valence-corrected chi connectivity index (χ4v) is 7.01. The van der Waals surface area contributed by atoms with E-state index < -0.39 is 11.4 Å². The lowest BCUT2D eigenvalue weighted by Crippen LogP contribution is -2.38. The zero-order chi connectivity index (χ0) is 31.6. The van der Waals surface area contributed by atoms with Gasteiger partial charge in [-0.3, -0.25) is 19.3 Å². The van der Waals surface area contributed by atoms with Crippen LogP contribution in [-0.4, -0.2) is 126 Å². The lowest BCUT2D eigenvalue weighted by Gasteiger charge is -2.25. The quantitative estimate of drug-likeness (QED) is 0.209. The van der Waals surface area contributed by atoms with Gasteiger partial charge in [-0.15, -0.1) is 11.8 Å². The minimum Gasteiger partial charge on any atom is -0.394 e. The van der Waals surface area contributed by atoms with Crippen molar-refractivity contribution in [1.82, 2.24) is 14.7 Å². The summed E-state index contributed by atoms with van der Waals surface area (Å²) in [7, 11) is 4.10. The fraction of sp³-hybridized carbons (Fsp3) is 0.500. The van der Waals surface area contributed by atoms with Gasteiger partial charge in [0.2, 0.25) is 11.8 Å². The molecule has 2 atom stereocenters. The summed E-state index contributed by atoms with van der Waals surface area (Å²) in [6, 6.07) is 14.4. The van der Waals surface area contributed by atoms with E-state index in [4.69, 9.17) is 14.8 Å². The van der Waals surface area contributed by atoms with Gasteiger partial charge in [0.1, 0.15) is 11.6 Å². The average Bonchev–Trinajstić information content (AvgIpc) is 3.16. The Hall–Kier alpha value is -2.74. The number of rotatable bonds is 16. The number of ether oxygens (including phenoxy) is 1. The van der Waals surface area contributed by atoms with Crippen LogP contribution in [-0.2, 0) is 25.5 Å². The second-order valence-corrected chi connectivity index (χ2v) is 13.4. The molecule has 10 nitrogen and oxygen atoms in total. The van der Waals surface area contributed by atoms with Gasteiger partial charge in [0.15, 0.2) is 0 Å². The predicted molar refractivity (Wildman–Crippen MR) is 174 cm³/mol. The fourth-order valence-electron chi connectivity index (χ4n) is 4.96. The Balaban J connectivity index is 1.40. The van der Waals surface area contributed by atoms with Crippen molar-refractivity contribution in [3.63, 3.8) is 0 Å². The minimum atomic E-state index is -0.846. The van der Waals surface area contributed by atoms with E-state index in [2.05, 4.69) is 34.1 Å². The van der Waals surface area contributed by atoms with Crippen molar-refractivity contribution >= 4 is 52.6 Å². The number of benzene rings is 2. The number of carbonyl (C=O) groups excluding carboxylic acids is 3. The molecule has 2 heterocycles. The Morgan fingerprint density at radius 1 is 1.14 bits per heavy atom. The van der Waals surface area contributed by atoms with Crippen molar-refractivity contribution in [3.8, 4) is 0 Å². The SMILES string of the molecule is CC(=O)CSC1CC(=O)N(CC(O)CCc2ccc3c(c2)Sc2ccccc2N=C3N(C)CCN(C)CCOCCO)C1=O. The number of ketones is 1. The number of likely N-dealkylation sites (tertiary alicyclic amines) is 1. The number of β-amino-alcohol motifs (C(OH)–C–C–N with tert-alkyl or cyclic N) is 1. The number of fused-ring (bicyclic) bond motifs is 2. The number of thioether (sulfide) groups is 1. The second-order valence-electron chi connectivity index (χ2n) is 11.1. The van der Waals surface area contributed by atoms with E-state index in [9.17, 15) is 19.5 Å². The Kier molecular flexibility index (Phi) is 12.8. The molecule has 44 heavy (non-hydrogen) atoms. The maximum atomic E-state index is 12.7. The number of likely N-dealkylation sites (N-methyl/N-ethyl adjacent to an activating group) is 2. The topological polar surface area (TPSA) is 123 Å². The smallest absolute Gasteiger partial charge is 0.242 e. The van der Waals surface area contributed by atoms with Crippen molar-refractivity contribution in [2.45, 2.75) is 47.3 Å². The van der Waals surface area contributed by atoms with Gasteiger partial charge in [0, 0.05) is 48.5 Å². The van der Waals surface area contributed by atoms with Crippen LogP contribution in [0.25, 0.3) is 0 Å². The van der Waals surface area contributed by atoms with Crippen LogP contribution in [0.4, 0.5) is 5.69 Å². The average molecular weight is 643 g/mol. The number of hydrogen-bond acceptors (Lipinski definition) is 11. The number of Topliss-reactive ketones (excluding diaryl/α,β-unsaturated/α-hetero) is 1. The Labute approximate surface area is 267 Å². The summed E-state index contributed by atoms with van der Waals surface area (Å²) < 4.78 is 5.40. The van der Waals surface area contributed by atoms with Crippen LogP contribution in [0, 0.1) is 0 Å². The van der Waals surface area contributed by atoms with Gasteiger partial charge >= 0.3 is 0 Å². The number of imide groups is 1. The number of nitrogens with zero attached hydrogens (tertiary/aromatic N) is 4. The van der Waals surface area contributed by atoms with Crippen molar-refractivity contribution in [2.24, 2.45) is 4.99 Å². The number of amides is 2. The Bertz CT molecular complexity index is 1360. The molecule has 2 N–H and O–H groups in total. The molecule has 2 aromatic rings. The molecule has 0 radical (unpaired) electrons. The number of aliphatic hydroxyl groups is 2. The molecule has 1 fully saturated rings. The van der Waals surface area contributed by atoms with Gasteiger partial charge in [-0.2, -0.15) is 0 Å². The molecule has 1 saturated heterocycles. The highest BCUT2D eigenvalue weighted by atomic mass is 32.2. The molecule has 2 amide bonds. The summed E-state index contributed by atoms with van der Waals surface area (Å²) in [6.45, 7) is 4.71. The maximum Gasteiger partial charge on any atom is 0.242 e. The number of para-hydroxylation sites is 1. The van der Waals surface area contributed by atoms with E-state index in [-0.39, 0.29) is 42.9 Å². The van der Waals surface area contributed by atoms with Crippen molar-refractivity contribution in [1.29, 1.82) is 0 Å². The summed E-state index contributed by atoms with van der Waals surface area (Å²) in [6.07, 6.45) is 0.208. The van der Waals surface area contributed by atoms with Gasteiger partial charge in [-0.05, 0) is 56.6 Å². The molecule has 2 aromatic carbocycles. The van der Waals surface area contributed by atoms with E-state index in [1.165, 1.54) is 18.7 Å². The van der Waals surface area contributed by atoms with Crippen LogP contribution >= 0.6 is 23.5 Å². The number of aliphatic imine (C=N–C) groups is 1. The first kappa shape index (κ1) is 34.1. The van der Waals surface area contributed by atoms with Crippen LogP contribution in [0.1, 0.15) is 30.9 Å². The monoisotopic (exact) mass is 642 g/mol. The van der Waals surface area contributed by atoms with E-state index in [1.807, 2.05) is 32.3 Å². The van der Waals surface area contributed by atoms with Crippen LogP contribution in [0.3, 0.4) is 0 Å². The molecule has 2 aliphatic heterocycles. The summed E-state index contributed by atoms with van der Waals surface area (Å²) in [5, 5.41) is 19.1. The van der Waals surface area contributed by atoms with Gasteiger partial charge < -0.3 is 24.7 Å². The van der Waals surface area contributed by atoms with Crippen molar-refractivity contribution in [2.75, 3.05) is 65.8 Å². The third-order valence-electron chi connectivity index (χ3n) is 7.48. The number of hydrogen-bond donors (Lipinski definition) is 2. The number of carbonyl (C=O) groups is 3. The van der Waals surface area contributed by atoms with E-state index in [0.29, 0.717) is 26.1 Å². The summed E-state index contributed by atoms with van der Waals surface area (Å²) >= 11 is 2.86. The molecule has 2 aliphatic rings. The van der Waals surface area contributed by atoms with Crippen molar-refractivity contribution < 1.29 is 29.3 Å². The van der Waals surface area contributed by atoms with Crippen LogP contribution in [0.15, 0.2) is 57.2 Å². The molecular formula is C32H42N4O6S2. The van der Waals surface area contributed by atoms with E-state index in [1.54, 1.807) is 11.8 Å². The molecule has 2 unspecified atom stereocenters. The Morgan fingerprint density at radius 2 is 1.93 bits per heavy atom. The van der Waals surface area contributed by atoms with Gasteiger partial charge in [-0.25, -0.2) is 4.99 Å². The molecule has 0 saturated carbocycles. The highest BCUT2D eigenvalue weighted by Gasteiger charge is 2.39. The highest BCUT2D eigenvalue weighted by Crippen LogP contribution is 2.41. The number of aryl methyl sites for hydroxylation is 1. The number of aliphatic hydroxyl groups excluding tert-OH is 2. The maximum absolute atomic E-state index is 12.7. The standard InChI is InChI=1S/C32H42N4O6S2/c1-22(38)21-43-29-19-30(40)36(32(29)41)20-24(39)10-8-23-9-11-25-28(18-23)44-27-7-5-4-6-26(27)33-31(25)35(3)13-12-34(2)14-16-42-17-15-37/h4-7,9,11,18,24,29,37,39H,8,10,12-17,19-21H2,1-3H3. The Morgan fingerprint density at radius 3 is 2.70 bits per heavy atom. The molecule has 238 valence electrons. The zero-order valence-electron chi connectivity index (χ0n) is 25.6. The van der Waals surface area contributed by atoms with Gasteiger partial charge in [0.25, 0.3) is 0 Å². The largest absolute Gasteiger partial charge is 0.394 e. The molecule has 0 aromatic heterocycles.